The average Bonchev–Trinajstić information content (AvgIpc) is 2.18. The van der Waals surface area contributed by atoms with Gasteiger partial charge >= 0.3 is 0 Å². The summed E-state index contributed by atoms with van der Waals surface area (Å²) in [4.78, 5) is 14.5. The van der Waals surface area contributed by atoms with Crippen molar-refractivity contribution in [2.45, 2.75) is 0 Å². The SMILES string of the molecule is NC(=O)c1cccc(N=C(N)CF)c1. The molecule has 0 radical (unpaired) electrons. The van der Waals surface area contributed by atoms with Crippen LogP contribution in [0.5, 0.6) is 0 Å². The molecule has 4 nitrogen and oxygen atoms in total. The van der Waals surface area contributed by atoms with Crippen LogP contribution in [-0.4, -0.2) is 18.4 Å². The van der Waals surface area contributed by atoms with E-state index < -0.39 is 12.6 Å². The fraction of sp³-hybridized carbons (Fsp3) is 0.111. The Morgan fingerprint density at radius 3 is 2.71 bits per heavy atom. The molecule has 0 heterocycles. The molecule has 0 saturated carbocycles. The number of nitrogens with two attached hydrogens (primary N) is 2. The highest BCUT2D eigenvalue weighted by Crippen LogP contribution is 2.13. The van der Waals surface area contributed by atoms with Gasteiger partial charge in [-0.25, -0.2) is 9.38 Å². The van der Waals surface area contributed by atoms with Crippen LogP contribution in [-0.2, 0) is 0 Å². The summed E-state index contributed by atoms with van der Waals surface area (Å²) in [6.07, 6.45) is 0. The molecule has 0 aliphatic carbocycles. The van der Waals surface area contributed by atoms with Crippen LogP contribution in [0.4, 0.5) is 10.1 Å². The van der Waals surface area contributed by atoms with Crippen molar-refractivity contribution in [1.29, 1.82) is 0 Å². The van der Waals surface area contributed by atoms with Crippen LogP contribution < -0.4 is 11.5 Å². The van der Waals surface area contributed by atoms with E-state index in [4.69, 9.17) is 11.5 Å². The summed E-state index contributed by atoms with van der Waals surface area (Å²) >= 11 is 0. The van der Waals surface area contributed by atoms with E-state index in [9.17, 15) is 9.18 Å². The zero-order chi connectivity index (χ0) is 10.6. The third kappa shape index (κ3) is 2.55. The summed E-state index contributed by atoms with van der Waals surface area (Å²) < 4.78 is 12.0. The summed E-state index contributed by atoms with van der Waals surface area (Å²) in [6, 6.07) is 6.21. The van der Waals surface area contributed by atoms with Crippen LogP contribution in [0.15, 0.2) is 29.3 Å². The molecule has 14 heavy (non-hydrogen) atoms. The number of hydrogen-bond acceptors (Lipinski definition) is 2. The third-order valence-electron chi connectivity index (χ3n) is 1.54. The quantitative estimate of drug-likeness (QED) is 0.551. The van der Waals surface area contributed by atoms with Gasteiger partial charge in [0.25, 0.3) is 0 Å². The highest BCUT2D eigenvalue weighted by molar-refractivity contribution is 5.94. The number of rotatable bonds is 3. The van der Waals surface area contributed by atoms with Gasteiger partial charge in [-0.15, -0.1) is 0 Å². The molecule has 0 atom stereocenters. The number of primary amides is 1. The van der Waals surface area contributed by atoms with Crippen molar-refractivity contribution in [3.63, 3.8) is 0 Å². The zero-order valence-electron chi connectivity index (χ0n) is 7.40. The minimum atomic E-state index is -0.819. The lowest BCUT2D eigenvalue weighted by atomic mass is 10.2. The largest absolute Gasteiger partial charge is 0.385 e. The van der Waals surface area contributed by atoms with Gasteiger partial charge in [-0.3, -0.25) is 4.79 Å². The second-order valence-electron chi connectivity index (χ2n) is 2.65. The lowest BCUT2D eigenvalue weighted by molar-refractivity contribution is 0.100. The molecule has 0 spiro atoms. The molecule has 74 valence electrons. The molecule has 0 aliphatic heterocycles. The van der Waals surface area contributed by atoms with Gasteiger partial charge in [0.2, 0.25) is 5.91 Å². The van der Waals surface area contributed by atoms with E-state index >= 15 is 0 Å². The Kier molecular flexibility index (Phi) is 3.17. The average molecular weight is 195 g/mol. The third-order valence-corrected chi connectivity index (χ3v) is 1.54. The summed E-state index contributed by atoms with van der Waals surface area (Å²) in [7, 11) is 0. The van der Waals surface area contributed by atoms with Crippen molar-refractivity contribution < 1.29 is 9.18 Å². The first kappa shape index (κ1) is 10.2. The van der Waals surface area contributed by atoms with Gasteiger partial charge in [-0.2, -0.15) is 0 Å². The number of hydrogen-bond donors (Lipinski definition) is 2. The molecule has 5 heteroatoms. The molecule has 0 fully saturated rings. The van der Waals surface area contributed by atoms with E-state index in [1.165, 1.54) is 6.07 Å². The summed E-state index contributed by atoms with van der Waals surface area (Å²) in [6.45, 7) is -0.819. The number of aliphatic imine (C=N–C) groups is 1. The number of alkyl halides is 1. The van der Waals surface area contributed by atoms with Crippen molar-refractivity contribution >= 4 is 17.4 Å². The van der Waals surface area contributed by atoms with Crippen molar-refractivity contribution in [2.75, 3.05) is 6.67 Å². The smallest absolute Gasteiger partial charge is 0.248 e. The molecular formula is C9H10FN3O. The lowest BCUT2D eigenvalue weighted by Gasteiger charge is -1.98. The predicted octanol–water partition coefficient (Wildman–Crippen LogP) is 0.744. The fourth-order valence-electron chi connectivity index (χ4n) is 0.924. The Bertz CT molecular complexity index is 376. The van der Waals surface area contributed by atoms with Gasteiger partial charge in [-0.1, -0.05) is 6.07 Å². The normalized spacial score (nSPS) is 11.4. The molecule has 1 aromatic carbocycles. The topological polar surface area (TPSA) is 81.5 Å². The van der Waals surface area contributed by atoms with Crippen molar-refractivity contribution in [1.82, 2.24) is 0 Å². The minimum Gasteiger partial charge on any atom is -0.385 e. The maximum Gasteiger partial charge on any atom is 0.248 e. The maximum absolute atomic E-state index is 12.0. The number of halogens is 1. The predicted molar refractivity (Wildman–Crippen MR) is 52.2 cm³/mol. The monoisotopic (exact) mass is 195 g/mol. The Morgan fingerprint density at radius 1 is 1.43 bits per heavy atom. The fourth-order valence-corrected chi connectivity index (χ4v) is 0.924. The molecule has 0 aromatic heterocycles. The number of amides is 1. The molecule has 1 rings (SSSR count). The molecule has 0 aliphatic rings. The number of benzene rings is 1. The Labute approximate surface area is 80.4 Å². The number of nitrogens with zero attached hydrogens (tertiary/aromatic N) is 1. The van der Waals surface area contributed by atoms with Crippen LogP contribution in [0.1, 0.15) is 10.4 Å². The number of amidine groups is 1. The van der Waals surface area contributed by atoms with E-state index in [1.54, 1.807) is 18.2 Å². The van der Waals surface area contributed by atoms with Crippen LogP contribution in [0.25, 0.3) is 0 Å². The Morgan fingerprint density at radius 2 is 2.14 bits per heavy atom. The number of carbonyl (C=O) groups excluding carboxylic acids is 1. The molecule has 1 amide bonds. The molecule has 0 saturated heterocycles. The van der Waals surface area contributed by atoms with E-state index in [-0.39, 0.29) is 5.84 Å². The molecule has 1 aromatic rings. The van der Waals surface area contributed by atoms with E-state index in [1.807, 2.05) is 0 Å². The summed E-state index contributed by atoms with van der Waals surface area (Å²) in [5.41, 5.74) is 11.0. The van der Waals surface area contributed by atoms with Gasteiger partial charge in [0.15, 0.2) is 0 Å². The first-order valence-corrected chi connectivity index (χ1v) is 3.92. The van der Waals surface area contributed by atoms with Crippen molar-refractivity contribution in [3.8, 4) is 0 Å². The van der Waals surface area contributed by atoms with Crippen LogP contribution in [0.3, 0.4) is 0 Å². The zero-order valence-corrected chi connectivity index (χ0v) is 7.40. The van der Waals surface area contributed by atoms with Crippen LogP contribution in [0, 0.1) is 0 Å². The Hall–Kier alpha value is -1.91. The van der Waals surface area contributed by atoms with Crippen molar-refractivity contribution in [3.05, 3.63) is 29.8 Å². The second kappa shape index (κ2) is 4.36. The standard InChI is InChI=1S/C9H10FN3O/c10-5-8(11)13-7-3-1-2-6(4-7)9(12)14/h1-4H,5H2,(H2,11,13)(H2,12,14). The minimum absolute atomic E-state index is 0.133. The second-order valence-corrected chi connectivity index (χ2v) is 2.65. The van der Waals surface area contributed by atoms with Crippen LogP contribution in [0.2, 0.25) is 0 Å². The molecule has 0 unspecified atom stereocenters. The van der Waals surface area contributed by atoms with Gasteiger partial charge in [0, 0.05) is 5.56 Å². The van der Waals surface area contributed by atoms with E-state index in [2.05, 4.69) is 4.99 Å². The maximum atomic E-state index is 12.0. The first-order valence-electron chi connectivity index (χ1n) is 3.92. The van der Waals surface area contributed by atoms with Gasteiger partial charge in [-0.05, 0) is 18.2 Å². The lowest BCUT2D eigenvalue weighted by Crippen LogP contribution is -2.13. The van der Waals surface area contributed by atoms with Gasteiger partial charge in [0.1, 0.15) is 12.5 Å². The summed E-state index contributed by atoms with van der Waals surface area (Å²) in [5.74, 6) is -0.688. The van der Waals surface area contributed by atoms with E-state index in [0.717, 1.165) is 0 Å². The van der Waals surface area contributed by atoms with E-state index in [0.29, 0.717) is 11.3 Å². The van der Waals surface area contributed by atoms with Crippen LogP contribution >= 0.6 is 0 Å². The highest BCUT2D eigenvalue weighted by atomic mass is 19.1. The highest BCUT2D eigenvalue weighted by Gasteiger charge is 2.00. The Balaban J connectivity index is 3.00. The van der Waals surface area contributed by atoms with Gasteiger partial charge in [0.05, 0.1) is 5.69 Å². The van der Waals surface area contributed by atoms with Gasteiger partial charge < -0.3 is 11.5 Å². The molecule has 4 N–H and O–H groups in total. The summed E-state index contributed by atoms with van der Waals surface area (Å²) in [5, 5.41) is 0. The number of carbonyl (C=O) groups is 1. The molecular weight excluding hydrogens is 185 g/mol. The first-order chi connectivity index (χ1) is 6.63. The van der Waals surface area contributed by atoms with Crippen molar-refractivity contribution in [2.24, 2.45) is 16.5 Å². The molecule has 0 bridgehead atoms.